The zero-order valence-electron chi connectivity index (χ0n) is 10.7. The van der Waals surface area contributed by atoms with Crippen LogP contribution in [0.5, 0.6) is 0 Å². The van der Waals surface area contributed by atoms with Crippen molar-refractivity contribution in [3.05, 3.63) is 60.3 Å². The molecular weight excluding hydrogens is 238 g/mol. The SMILES string of the molecule is O=C(CCNc1ccccn1)NCc1ccccc1. The third kappa shape index (κ3) is 4.79. The lowest BCUT2D eigenvalue weighted by Gasteiger charge is -2.06. The van der Waals surface area contributed by atoms with Gasteiger partial charge in [0, 0.05) is 25.7 Å². The van der Waals surface area contributed by atoms with Crippen molar-refractivity contribution < 1.29 is 4.79 Å². The van der Waals surface area contributed by atoms with Crippen LogP contribution < -0.4 is 10.6 Å². The first-order valence-electron chi connectivity index (χ1n) is 6.30. The van der Waals surface area contributed by atoms with Gasteiger partial charge in [0.2, 0.25) is 5.91 Å². The summed E-state index contributed by atoms with van der Waals surface area (Å²) in [7, 11) is 0. The summed E-state index contributed by atoms with van der Waals surface area (Å²) in [5.74, 6) is 0.825. The summed E-state index contributed by atoms with van der Waals surface area (Å²) >= 11 is 0. The minimum absolute atomic E-state index is 0.0345. The number of benzene rings is 1. The molecule has 0 saturated heterocycles. The van der Waals surface area contributed by atoms with Crippen LogP contribution in [0.1, 0.15) is 12.0 Å². The number of carbonyl (C=O) groups is 1. The lowest BCUT2D eigenvalue weighted by atomic mass is 10.2. The van der Waals surface area contributed by atoms with E-state index in [-0.39, 0.29) is 5.91 Å². The predicted octanol–water partition coefficient (Wildman–Crippen LogP) is 2.20. The molecule has 1 aromatic carbocycles. The van der Waals surface area contributed by atoms with Crippen molar-refractivity contribution >= 4 is 11.7 Å². The van der Waals surface area contributed by atoms with Crippen LogP contribution in [0.25, 0.3) is 0 Å². The van der Waals surface area contributed by atoms with Crippen molar-refractivity contribution in [1.29, 1.82) is 0 Å². The van der Waals surface area contributed by atoms with Gasteiger partial charge in [-0.25, -0.2) is 4.98 Å². The first kappa shape index (κ1) is 13.1. The highest BCUT2D eigenvalue weighted by atomic mass is 16.1. The van der Waals surface area contributed by atoms with Crippen LogP contribution in [-0.2, 0) is 11.3 Å². The molecule has 0 aliphatic rings. The minimum Gasteiger partial charge on any atom is -0.370 e. The van der Waals surface area contributed by atoms with Crippen molar-refractivity contribution in [2.45, 2.75) is 13.0 Å². The lowest BCUT2D eigenvalue weighted by Crippen LogP contribution is -2.24. The van der Waals surface area contributed by atoms with E-state index in [2.05, 4.69) is 15.6 Å². The number of nitrogens with zero attached hydrogens (tertiary/aromatic N) is 1. The third-order valence-corrected chi connectivity index (χ3v) is 2.66. The molecule has 1 heterocycles. The van der Waals surface area contributed by atoms with E-state index in [9.17, 15) is 4.79 Å². The summed E-state index contributed by atoms with van der Waals surface area (Å²) in [6.45, 7) is 1.15. The number of carbonyl (C=O) groups excluding carboxylic acids is 1. The maximum Gasteiger partial charge on any atom is 0.222 e. The second-order valence-corrected chi connectivity index (χ2v) is 4.15. The van der Waals surface area contributed by atoms with Gasteiger partial charge in [-0.1, -0.05) is 36.4 Å². The molecule has 0 spiro atoms. The van der Waals surface area contributed by atoms with Crippen LogP contribution in [-0.4, -0.2) is 17.4 Å². The topological polar surface area (TPSA) is 54.0 Å². The smallest absolute Gasteiger partial charge is 0.222 e. The first-order valence-corrected chi connectivity index (χ1v) is 6.30. The van der Waals surface area contributed by atoms with Gasteiger partial charge in [-0.3, -0.25) is 4.79 Å². The molecule has 0 aliphatic carbocycles. The van der Waals surface area contributed by atoms with E-state index in [1.165, 1.54) is 0 Å². The number of amides is 1. The maximum atomic E-state index is 11.6. The van der Waals surface area contributed by atoms with Gasteiger partial charge < -0.3 is 10.6 Å². The van der Waals surface area contributed by atoms with Crippen molar-refractivity contribution in [2.75, 3.05) is 11.9 Å². The highest BCUT2D eigenvalue weighted by Gasteiger charge is 2.01. The van der Waals surface area contributed by atoms with Crippen LogP contribution >= 0.6 is 0 Å². The van der Waals surface area contributed by atoms with Crippen molar-refractivity contribution in [2.24, 2.45) is 0 Å². The molecule has 0 atom stereocenters. The number of anilines is 1. The lowest BCUT2D eigenvalue weighted by molar-refractivity contribution is -0.121. The summed E-state index contributed by atoms with van der Waals surface area (Å²) in [6.07, 6.45) is 2.15. The second-order valence-electron chi connectivity index (χ2n) is 4.15. The standard InChI is InChI=1S/C15H17N3O/c19-15(18-12-13-6-2-1-3-7-13)9-11-17-14-8-4-5-10-16-14/h1-8,10H,9,11-12H2,(H,16,17)(H,18,19). The van der Waals surface area contributed by atoms with Gasteiger partial charge in [0.1, 0.15) is 5.82 Å². The van der Waals surface area contributed by atoms with Gasteiger partial charge in [0.25, 0.3) is 0 Å². The minimum atomic E-state index is 0.0345. The molecule has 98 valence electrons. The van der Waals surface area contributed by atoms with E-state index in [1.54, 1.807) is 6.20 Å². The fourth-order valence-electron chi connectivity index (χ4n) is 1.66. The van der Waals surface area contributed by atoms with Crippen LogP contribution in [0.15, 0.2) is 54.7 Å². The molecule has 0 saturated carbocycles. The number of nitrogens with one attached hydrogen (secondary N) is 2. The molecule has 0 bridgehead atoms. The zero-order chi connectivity index (χ0) is 13.3. The molecule has 0 aliphatic heterocycles. The Kier molecular flexibility index (Phi) is 4.93. The van der Waals surface area contributed by atoms with Gasteiger partial charge >= 0.3 is 0 Å². The molecule has 0 unspecified atom stereocenters. The molecule has 2 rings (SSSR count). The van der Waals surface area contributed by atoms with E-state index >= 15 is 0 Å². The van der Waals surface area contributed by atoms with E-state index in [0.29, 0.717) is 19.5 Å². The highest BCUT2D eigenvalue weighted by molar-refractivity contribution is 5.76. The first-order chi connectivity index (χ1) is 9.34. The van der Waals surface area contributed by atoms with Gasteiger partial charge in [-0.05, 0) is 17.7 Å². The number of hydrogen-bond donors (Lipinski definition) is 2. The Morgan fingerprint density at radius 1 is 1.05 bits per heavy atom. The van der Waals surface area contributed by atoms with Gasteiger partial charge in [-0.2, -0.15) is 0 Å². The molecule has 0 fully saturated rings. The van der Waals surface area contributed by atoms with Crippen LogP contribution in [0.2, 0.25) is 0 Å². The van der Waals surface area contributed by atoms with E-state index in [4.69, 9.17) is 0 Å². The van der Waals surface area contributed by atoms with Gasteiger partial charge in [0.05, 0.1) is 0 Å². The summed E-state index contributed by atoms with van der Waals surface area (Å²) in [6, 6.07) is 15.5. The molecule has 4 heteroatoms. The Labute approximate surface area is 112 Å². The van der Waals surface area contributed by atoms with Crippen LogP contribution in [0.3, 0.4) is 0 Å². The summed E-state index contributed by atoms with van der Waals surface area (Å²) in [5.41, 5.74) is 1.11. The molecule has 1 aromatic heterocycles. The molecule has 19 heavy (non-hydrogen) atoms. The predicted molar refractivity (Wildman–Crippen MR) is 75.6 cm³/mol. The quantitative estimate of drug-likeness (QED) is 0.832. The average Bonchev–Trinajstić information content (AvgIpc) is 2.47. The monoisotopic (exact) mass is 255 g/mol. The zero-order valence-corrected chi connectivity index (χ0v) is 10.7. The maximum absolute atomic E-state index is 11.6. The molecule has 2 aromatic rings. The summed E-state index contributed by atoms with van der Waals surface area (Å²) < 4.78 is 0. The van der Waals surface area contributed by atoms with E-state index < -0.39 is 0 Å². The van der Waals surface area contributed by atoms with Crippen LogP contribution in [0, 0.1) is 0 Å². The Morgan fingerprint density at radius 3 is 2.58 bits per heavy atom. The van der Waals surface area contributed by atoms with E-state index in [1.807, 2.05) is 48.5 Å². The number of aromatic nitrogens is 1. The Hall–Kier alpha value is -2.36. The Bertz CT molecular complexity index is 499. The summed E-state index contributed by atoms with van der Waals surface area (Å²) in [5, 5.41) is 5.99. The average molecular weight is 255 g/mol. The van der Waals surface area contributed by atoms with Crippen molar-refractivity contribution in [1.82, 2.24) is 10.3 Å². The second kappa shape index (κ2) is 7.16. The van der Waals surface area contributed by atoms with Crippen molar-refractivity contribution in [3.8, 4) is 0 Å². The van der Waals surface area contributed by atoms with E-state index in [0.717, 1.165) is 11.4 Å². The summed E-state index contributed by atoms with van der Waals surface area (Å²) in [4.78, 5) is 15.8. The third-order valence-electron chi connectivity index (χ3n) is 2.66. The highest BCUT2D eigenvalue weighted by Crippen LogP contribution is 2.00. The van der Waals surface area contributed by atoms with Gasteiger partial charge in [-0.15, -0.1) is 0 Å². The fourth-order valence-corrected chi connectivity index (χ4v) is 1.66. The molecule has 2 N–H and O–H groups in total. The molecule has 1 amide bonds. The number of rotatable bonds is 6. The normalized spacial score (nSPS) is 9.89. The number of pyridine rings is 1. The largest absolute Gasteiger partial charge is 0.370 e. The molecule has 0 radical (unpaired) electrons. The van der Waals surface area contributed by atoms with Crippen LogP contribution in [0.4, 0.5) is 5.82 Å². The van der Waals surface area contributed by atoms with Crippen molar-refractivity contribution in [3.63, 3.8) is 0 Å². The Morgan fingerprint density at radius 2 is 1.84 bits per heavy atom. The number of hydrogen-bond acceptors (Lipinski definition) is 3. The fraction of sp³-hybridized carbons (Fsp3) is 0.200. The Balaban J connectivity index is 1.65. The molecular formula is C15H17N3O. The van der Waals surface area contributed by atoms with Gasteiger partial charge in [0.15, 0.2) is 0 Å². The molecule has 4 nitrogen and oxygen atoms in total.